The summed E-state index contributed by atoms with van der Waals surface area (Å²) in [6.07, 6.45) is -0.689. The molecule has 0 fully saturated rings. The van der Waals surface area contributed by atoms with Gasteiger partial charge in [-0.3, -0.25) is 9.48 Å². The normalized spacial score (nSPS) is 13.7. The maximum absolute atomic E-state index is 12.9. The first-order valence-electron chi connectivity index (χ1n) is 9.14. The number of nitrogens with zero attached hydrogens (tertiary/aromatic N) is 2. The van der Waals surface area contributed by atoms with Crippen LogP contribution in [0.3, 0.4) is 0 Å². The Hall–Kier alpha value is -2.80. The lowest BCUT2D eigenvalue weighted by Crippen LogP contribution is -2.22. The van der Waals surface area contributed by atoms with Crippen molar-refractivity contribution in [1.29, 1.82) is 0 Å². The maximum Gasteiger partial charge on any atom is 0.194 e. The number of ether oxygens (including phenoxy) is 1. The maximum atomic E-state index is 12.9. The molecule has 6 heteroatoms. The van der Waals surface area contributed by atoms with Gasteiger partial charge in [-0.2, -0.15) is 5.10 Å². The van der Waals surface area contributed by atoms with Crippen molar-refractivity contribution in [2.45, 2.75) is 19.3 Å². The predicted octanol–water partition coefficient (Wildman–Crippen LogP) is 3.89. The van der Waals surface area contributed by atoms with Crippen LogP contribution in [0.4, 0.5) is 0 Å². The number of rotatable bonds is 6. The molecular formula is C22H18N2O3S. The van der Waals surface area contributed by atoms with Crippen LogP contribution in [-0.4, -0.2) is 33.4 Å². The summed E-state index contributed by atoms with van der Waals surface area (Å²) < 4.78 is 7.41. The van der Waals surface area contributed by atoms with Gasteiger partial charge in [0.1, 0.15) is 5.69 Å². The number of carbonyl (C=O) groups is 1. The van der Waals surface area contributed by atoms with Crippen molar-refractivity contribution in [2.75, 3.05) is 6.61 Å². The monoisotopic (exact) mass is 390 g/mol. The van der Waals surface area contributed by atoms with Gasteiger partial charge < -0.3 is 9.84 Å². The highest BCUT2D eigenvalue weighted by atomic mass is 32.1. The Bertz CT molecular complexity index is 1160. The number of thiophene rings is 1. The molecule has 2 heterocycles. The Balaban J connectivity index is 1.44. The Morgan fingerprint density at radius 3 is 2.68 bits per heavy atom. The molecule has 2 aromatic heterocycles. The van der Waals surface area contributed by atoms with Crippen molar-refractivity contribution in [3.63, 3.8) is 0 Å². The molecule has 5 rings (SSSR count). The lowest BCUT2D eigenvalue weighted by atomic mass is 9.87. The first-order chi connectivity index (χ1) is 13.7. The summed E-state index contributed by atoms with van der Waals surface area (Å²) in [7, 11) is 0. The molecule has 0 aliphatic heterocycles. The predicted molar refractivity (Wildman–Crippen MR) is 109 cm³/mol. The van der Waals surface area contributed by atoms with E-state index in [1.807, 2.05) is 60.0 Å². The Morgan fingerprint density at radius 1 is 1.04 bits per heavy atom. The van der Waals surface area contributed by atoms with Gasteiger partial charge >= 0.3 is 0 Å². The number of fused-ring (bicyclic) bond motifs is 2. The van der Waals surface area contributed by atoms with E-state index in [-0.39, 0.29) is 12.4 Å². The zero-order valence-corrected chi connectivity index (χ0v) is 15.9. The third-order valence-corrected chi connectivity index (χ3v) is 5.82. The molecule has 1 aliphatic rings. The summed E-state index contributed by atoms with van der Waals surface area (Å²) >= 11 is 1.63. The summed E-state index contributed by atoms with van der Waals surface area (Å²) in [5, 5.41) is 18.1. The molecule has 1 N–H and O–H groups in total. The van der Waals surface area contributed by atoms with E-state index < -0.39 is 6.10 Å². The number of carbonyl (C=O) groups excluding carboxylic acids is 1. The Morgan fingerprint density at radius 2 is 1.86 bits per heavy atom. The van der Waals surface area contributed by atoms with Crippen LogP contribution in [0, 0.1) is 0 Å². The van der Waals surface area contributed by atoms with Crippen molar-refractivity contribution in [3.8, 4) is 11.3 Å². The van der Waals surface area contributed by atoms with Gasteiger partial charge in [0.2, 0.25) is 0 Å². The molecule has 4 aromatic rings. The van der Waals surface area contributed by atoms with Crippen LogP contribution in [-0.2, 0) is 17.9 Å². The minimum Gasteiger partial charge on any atom is -0.389 e. The topological polar surface area (TPSA) is 64.4 Å². The van der Waals surface area contributed by atoms with E-state index >= 15 is 0 Å². The van der Waals surface area contributed by atoms with Gasteiger partial charge in [0, 0.05) is 27.0 Å². The highest BCUT2D eigenvalue weighted by Gasteiger charge is 2.28. The quantitative estimate of drug-likeness (QED) is 0.478. The second-order valence-corrected chi connectivity index (χ2v) is 7.89. The third-order valence-electron chi connectivity index (χ3n) is 4.97. The fourth-order valence-corrected chi connectivity index (χ4v) is 4.36. The van der Waals surface area contributed by atoms with E-state index in [2.05, 4.69) is 0 Å². The highest BCUT2D eigenvalue weighted by molar-refractivity contribution is 7.09. The second-order valence-electron chi connectivity index (χ2n) is 6.85. The minimum absolute atomic E-state index is 0.0214. The molecule has 0 bridgehead atoms. The molecule has 0 unspecified atom stereocenters. The van der Waals surface area contributed by atoms with E-state index in [4.69, 9.17) is 9.84 Å². The average Bonchev–Trinajstić information content (AvgIpc) is 3.35. The van der Waals surface area contributed by atoms with Gasteiger partial charge in [-0.15, -0.1) is 11.3 Å². The molecule has 0 saturated heterocycles. The van der Waals surface area contributed by atoms with E-state index in [0.29, 0.717) is 24.3 Å². The van der Waals surface area contributed by atoms with Gasteiger partial charge in [0.15, 0.2) is 5.78 Å². The van der Waals surface area contributed by atoms with Gasteiger partial charge in [-0.1, -0.05) is 42.5 Å². The summed E-state index contributed by atoms with van der Waals surface area (Å²) in [5.41, 5.74) is 3.84. The summed E-state index contributed by atoms with van der Waals surface area (Å²) in [6.45, 7) is 1.02. The molecule has 140 valence electrons. The lowest BCUT2D eigenvalue weighted by Gasteiger charge is -2.13. The van der Waals surface area contributed by atoms with Crippen molar-refractivity contribution in [1.82, 2.24) is 9.78 Å². The molecule has 5 nitrogen and oxygen atoms in total. The van der Waals surface area contributed by atoms with Crippen LogP contribution >= 0.6 is 11.3 Å². The average molecular weight is 390 g/mol. The van der Waals surface area contributed by atoms with Gasteiger partial charge in [-0.05, 0) is 17.5 Å². The lowest BCUT2D eigenvalue weighted by molar-refractivity contribution is 0.0203. The summed E-state index contributed by atoms with van der Waals surface area (Å²) in [6, 6.07) is 17.2. The van der Waals surface area contributed by atoms with Gasteiger partial charge in [0.05, 0.1) is 31.4 Å². The molecule has 1 aliphatic carbocycles. The Labute approximate surface area is 165 Å². The van der Waals surface area contributed by atoms with Crippen molar-refractivity contribution in [3.05, 3.63) is 76.0 Å². The largest absolute Gasteiger partial charge is 0.389 e. The first kappa shape index (κ1) is 17.3. The van der Waals surface area contributed by atoms with E-state index in [0.717, 1.165) is 27.0 Å². The number of aliphatic hydroxyl groups is 1. The van der Waals surface area contributed by atoms with Gasteiger partial charge in [0.25, 0.3) is 0 Å². The van der Waals surface area contributed by atoms with E-state index in [1.54, 1.807) is 16.0 Å². The zero-order chi connectivity index (χ0) is 19.1. The van der Waals surface area contributed by atoms with Crippen molar-refractivity contribution in [2.24, 2.45) is 0 Å². The number of aliphatic hydroxyl groups excluding tert-OH is 1. The number of benzene rings is 2. The zero-order valence-electron chi connectivity index (χ0n) is 15.0. The molecule has 0 saturated carbocycles. The van der Waals surface area contributed by atoms with Crippen molar-refractivity contribution < 1.29 is 14.6 Å². The van der Waals surface area contributed by atoms with Crippen LogP contribution in [0.2, 0.25) is 0 Å². The third kappa shape index (κ3) is 2.86. The van der Waals surface area contributed by atoms with Crippen LogP contribution in [0.25, 0.3) is 22.2 Å². The smallest absolute Gasteiger partial charge is 0.194 e. The molecule has 0 spiro atoms. The van der Waals surface area contributed by atoms with Crippen LogP contribution in [0.15, 0.2) is 60.0 Å². The second kappa shape index (κ2) is 6.98. The number of aromatic nitrogens is 2. The van der Waals surface area contributed by atoms with Crippen LogP contribution < -0.4 is 0 Å². The number of hydrogen-bond acceptors (Lipinski definition) is 5. The van der Waals surface area contributed by atoms with Gasteiger partial charge in [-0.25, -0.2) is 0 Å². The highest BCUT2D eigenvalue weighted by Crippen LogP contribution is 2.38. The molecule has 2 aromatic carbocycles. The fourth-order valence-electron chi connectivity index (χ4n) is 3.72. The van der Waals surface area contributed by atoms with Crippen LogP contribution in [0.5, 0.6) is 0 Å². The minimum atomic E-state index is -0.689. The molecule has 0 amide bonds. The first-order valence-corrected chi connectivity index (χ1v) is 10.0. The SMILES string of the molecule is O=C1c2ccccc2-c2nn(C[C@H](O)COCc3cccs3)c3cccc1c23. The summed E-state index contributed by atoms with van der Waals surface area (Å²) in [4.78, 5) is 14.0. The molecule has 1 atom stereocenters. The van der Waals surface area contributed by atoms with Crippen molar-refractivity contribution >= 4 is 28.0 Å². The number of ketones is 1. The van der Waals surface area contributed by atoms with Crippen LogP contribution in [0.1, 0.15) is 20.8 Å². The van der Waals surface area contributed by atoms with E-state index in [9.17, 15) is 9.90 Å². The Kier molecular flexibility index (Phi) is 4.31. The molecular weight excluding hydrogens is 372 g/mol. The number of hydrogen-bond donors (Lipinski definition) is 1. The molecule has 28 heavy (non-hydrogen) atoms. The summed E-state index contributed by atoms with van der Waals surface area (Å²) in [5.74, 6) is 0.0214. The standard InChI is InChI=1S/C22H18N2O3S/c25-14(12-27-13-15-5-4-10-28-15)11-24-19-9-3-8-18-20(19)21(23-24)16-6-1-2-7-17(16)22(18)26/h1-10,14,25H,11-13H2/t14-/m0/s1. The molecule has 0 radical (unpaired) electrons. The van der Waals surface area contributed by atoms with E-state index in [1.165, 1.54) is 0 Å². The fraction of sp³-hybridized carbons (Fsp3) is 0.182.